The highest BCUT2D eigenvalue weighted by Gasteiger charge is 2.19. The Hall–Kier alpha value is -2.00. The molecule has 1 atom stereocenters. The van der Waals surface area contributed by atoms with Crippen molar-refractivity contribution in [2.24, 2.45) is 0 Å². The molecular formula is C27H28P2. The predicted octanol–water partition coefficient (Wildman–Crippen LogP) is 6.55. The molecule has 146 valence electrons. The Bertz CT molecular complexity index is 891. The van der Waals surface area contributed by atoms with Crippen molar-refractivity contribution in [1.82, 2.24) is 0 Å². The third kappa shape index (κ3) is 5.54. The van der Waals surface area contributed by atoms with Gasteiger partial charge < -0.3 is 0 Å². The second-order valence-corrected chi connectivity index (χ2v) is 12.0. The molecule has 0 N–H and O–H groups in total. The van der Waals surface area contributed by atoms with Gasteiger partial charge in [-0.3, -0.25) is 0 Å². The molecule has 0 amide bonds. The van der Waals surface area contributed by atoms with Crippen molar-refractivity contribution in [1.29, 1.82) is 0 Å². The van der Waals surface area contributed by atoms with Gasteiger partial charge in [0.15, 0.2) is 0 Å². The van der Waals surface area contributed by atoms with E-state index in [9.17, 15) is 0 Å². The zero-order chi connectivity index (χ0) is 19.7. The first-order valence-electron chi connectivity index (χ1n) is 10.5. The van der Waals surface area contributed by atoms with Gasteiger partial charge in [0.1, 0.15) is 0 Å². The van der Waals surface area contributed by atoms with Crippen molar-refractivity contribution in [2.45, 2.75) is 19.3 Å². The SMILES string of the molecule is C1=CCCC(P(CCCP(c2ccccc2)c2ccccc2)c2ccccc2)=C1. The molecule has 4 rings (SSSR count). The fraction of sp³-hybridized carbons (Fsp3) is 0.185. The normalized spacial score (nSPS) is 14.6. The number of rotatable bonds is 8. The highest BCUT2D eigenvalue weighted by Crippen LogP contribution is 2.48. The van der Waals surface area contributed by atoms with E-state index in [2.05, 4.69) is 109 Å². The maximum absolute atomic E-state index is 2.39. The third-order valence-electron chi connectivity index (χ3n) is 5.31. The number of hydrogen-bond donors (Lipinski definition) is 0. The minimum Gasteiger partial charge on any atom is -0.0842 e. The van der Waals surface area contributed by atoms with Crippen LogP contribution in [0.4, 0.5) is 0 Å². The zero-order valence-electron chi connectivity index (χ0n) is 16.8. The van der Waals surface area contributed by atoms with Crippen LogP contribution in [0, 0.1) is 0 Å². The summed E-state index contributed by atoms with van der Waals surface area (Å²) in [6, 6.07) is 33.4. The molecule has 3 aromatic rings. The zero-order valence-corrected chi connectivity index (χ0v) is 18.6. The molecule has 1 aliphatic rings. The molecule has 0 fully saturated rings. The molecule has 1 unspecified atom stereocenters. The molecule has 3 aromatic carbocycles. The van der Waals surface area contributed by atoms with E-state index in [0.717, 1.165) is 0 Å². The molecule has 29 heavy (non-hydrogen) atoms. The molecule has 0 spiro atoms. The summed E-state index contributed by atoms with van der Waals surface area (Å²) in [5, 5.41) is 6.19. The monoisotopic (exact) mass is 414 g/mol. The Kier molecular flexibility index (Phi) is 7.47. The van der Waals surface area contributed by atoms with Gasteiger partial charge in [-0.05, 0) is 68.7 Å². The van der Waals surface area contributed by atoms with Crippen LogP contribution in [-0.4, -0.2) is 12.3 Å². The van der Waals surface area contributed by atoms with Gasteiger partial charge in [0, 0.05) is 0 Å². The Morgan fingerprint density at radius 3 is 1.55 bits per heavy atom. The summed E-state index contributed by atoms with van der Waals surface area (Å²) >= 11 is 0. The van der Waals surface area contributed by atoms with E-state index in [1.54, 1.807) is 5.31 Å². The summed E-state index contributed by atoms with van der Waals surface area (Å²) in [5.74, 6) is 0. The Morgan fingerprint density at radius 2 is 1.07 bits per heavy atom. The van der Waals surface area contributed by atoms with Gasteiger partial charge in [-0.25, -0.2) is 0 Å². The van der Waals surface area contributed by atoms with Crippen molar-refractivity contribution in [3.05, 3.63) is 115 Å². The lowest BCUT2D eigenvalue weighted by Crippen LogP contribution is -2.15. The Labute approximate surface area is 177 Å². The van der Waals surface area contributed by atoms with E-state index in [0.29, 0.717) is 0 Å². The van der Waals surface area contributed by atoms with Crippen LogP contribution in [0.5, 0.6) is 0 Å². The van der Waals surface area contributed by atoms with Crippen LogP contribution >= 0.6 is 15.8 Å². The van der Waals surface area contributed by atoms with E-state index in [4.69, 9.17) is 0 Å². The van der Waals surface area contributed by atoms with E-state index < -0.39 is 0 Å². The first kappa shape index (κ1) is 20.3. The molecule has 0 heterocycles. The lowest BCUT2D eigenvalue weighted by molar-refractivity contribution is 1.01. The van der Waals surface area contributed by atoms with Crippen molar-refractivity contribution >= 4 is 31.8 Å². The van der Waals surface area contributed by atoms with Crippen LogP contribution < -0.4 is 15.9 Å². The van der Waals surface area contributed by atoms with Gasteiger partial charge in [-0.15, -0.1) is 0 Å². The van der Waals surface area contributed by atoms with Gasteiger partial charge in [0.25, 0.3) is 0 Å². The van der Waals surface area contributed by atoms with Crippen molar-refractivity contribution in [3.63, 3.8) is 0 Å². The second-order valence-electron chi connectivity index (χ2n) is 7.29. The Morgan fingerprint density at radius 1 is 0.586 bits per heavy atom. The van der Waals surface area contributed by atoms with Crippen LogP contribution in [0.3, 0.4) is 0 Å². The quantitative estimate of drug-likeness (QED) is 0.367. The van der Waals surface area contributed by atoms with Gasteiger partial charge >= 0.3 is 0 Å². The summed E-state index contributed by atoms with van der Waals surface area (Å²) in [5.41, 5.74) is 0. The summed E-state index contributed by atoms with van der Waals surface area (Å²) in [4.78, 5) is 0. The molecule has 0 saturated heterocycles. The summed E-state index contributed by atoms with van der Waals surface area (Å²) in [7, 11) is -0.513. The first-order chi connectivity index (χ1) is 14.4. The number of hydrogen-bond acceptors (Lipinski definition) is 0. The molecule has 0 saturated carbocycles. The lowest BCUT2D eigenvalue weighted by Gasteiger charge is -2.24. The second kappa shape index (κ2) is 10.7. The van der Waals surface area contributed by atoms with E-state index in [-0.39, 0.29) is 15.8 Å². The molecule has 0 nitrogen and oxygen atoms in total. The molecule has 2 heteroatoms. The average molecular weight is 414 g/mol. The summed E-state index contributed by atoms with van der Waals surface area (Å²) in [6.45, 7) is 0. The lowest BCUT2D eigenvalue weighted by atomic mass is 10.2. The standard InChI is InChI=1S/C27H28P2/c1-5-14-24(15-6-1)28(25-16-7-2-8-17-25)22-13-23-29(26-18-9-3-10-19-26)27-20-11-4-12-21-27/h1-11,14-20H,12-13,21-23H2. The highest BCUT2D eigenvalue weighted by atomic mass is 31.1. The molecule has 0 aromatic heterocycles. The number of allylic oxidation sites excluding steroid dienone is 4. The van der Waals surface area contributed by atoms with Crippen LogP contribution in [0.25, 0.3) is 0 Å². The fourth-order valence-electron chi connectivity index (χ4n) is 3.87. The van der Waals surface area contributed by atoms with Crippen LogP contribution in [0.1, 0.15) is 19.3 Å². The fourth-order valence-corrected chi connectivity index (χ4v) is 9.02. The maximum Gasteiger partial charge on any atom is -0.0195 e. The molecule has 0 aliphatic heterocycles. The highest BCUT2D eigenvalue weighted by molar-refractivity contribution is 7.73. The van der Waals surface area contributed by atoms with E-state index in [1.165, 1.54) is 47.5 Å². The largest absolute Gasteiger partial charge is 0.0842 e. The van der Waals surface area contributed by atoms with Crippen molar-refractivity contribution in [3.8, 4) is 0 Å². The molecule has 0 radical (unpaired) electrons. The first-order valence-corrected chi connectivity index (χ1v) is 13.5. The third-order valence-corrected chi connectivity index (χ3v) is 10.7. The molecule has 0 bridgehead atoms. The maximum atomic E-state index is 2.39. The van der Waals surface area contributed by atoms with Gasteiger partial charge in [0.2, 0.25) is 0 Å². The van der Waals surface area contributed by atoms with Gasteiger partial charge in [-0.1, -0.05) is 109 Å². The molecular weight excluding hydrogens is 386 g/mol. The van der Waals surface area contributed by atoms with Crippen LogP contribution in [0.15, 0.2) is 115 Å². The van der Waals surface area contributed by atoms with Crippen molar-refractivity contribution in [2.75, 3.05) is 12.3 Å². The van der Waals surface area contributed by atoms with Gasteiger partial charge in [0.05, 0.1) is 0 Å². The predicted molar refractivity (Wildman–Crippen MR) is 133 cm³/mol. The summed E-state index contributed by atoms with van der Waals surface area (Å²) < 4.78 is 0. The minimum absolute atomic E-state index is 0.222. The molecule has 1 aliphatic carbocycles. The van der Waals surface area contributed by atoms with E-state index in [1.807, 2.05) is 0 Å². The van der Waals surface area contributed by atoms with Gasteiger partial charge in [-0.2, -0.15) is 0 Å². The van der Waals surface area contributed by atoms with Crippen molar-refractivity contribution < 1.29 is 0 Å². The Balaban J connectivity index is 1.51. The smallest absolute Gasteiger partial charge is 0.0195 e. The average Bonchev–Trinajstić information content (AvgIpc) is 2.81. The topological polar surface area (TPSA) is 0 Å². The van der Waals surface area contributed by atoms with Crippen LogP contribution in [-0.2, 0) is 0 Å². The van der Waals surface area contributed by atoms with Crippen LogP contribution in [0.2, 0.25) is 0 Å². The van der Waals surface area contributed by atoms with E-state index >= 15 is 0 Å². The number of benzene rings is 3. The minimum atomic E-state index is -0.291. The summed E-state index contributed by atoms with van der Waals surface area (Å²) in [6.07, 6.45) is 13.2.